The molecule has 0 aliphatic heterocycles. The number of rotatable bonds is 13. The van der Waals surface area contributed by atoms with E-state index in [9.17, 15) is 18.3 Å². The van der Waals surface area contributed by atoms with Gasteiger partial charge in [-0.15, -0.1) is 0 Å². The van der Waals surface area contributed by atoms with Crippen LogP contribution in [0.3, 0.4) is 0 Å². The van der Waals surface area contributed by atoms with Crippen LogP contribution in [0.5, 0.6) is 5.75 Å². The lowest BCUT2D eigenvalue weighted by atomic mass is 10.1. The van der Waals surface area contributed by atoms with Crippen molar-refractivity contribution in [3.63, 3.8) is 0 Å². The van der Waals surface area contributed by atoms with Crippen molar-refractivity contribution in [2.75, 3.05) is 19.7 Å². The van der Waals surface area contributed by atoms with Crippen LogP contribution in [-0.2, 0) is 27.6 Å². The van der Waals surface area contributed by atoms with Gasteiger partial charge in [0, 0.05) is 24.7 Å². The van der Waals surface area contributed by atoms with Gasteiger partial charge in [-0.05, 0) is 84.5 Å². The Morgan fingerprint density at radius 1 is 0.881 bits per heavy atom. The molecule has 0 heterocycles. The standard InChI is InChI=1S/C33H34ClNO6S/c1-23-17-30(18-24(2)33(23)41-22-32(37)38)42(39,40)29-13-11-25(12-14-29)15-16-35(20-26-7-4-3-5-8-26)21-31(36)27-9-6-10-28(34)19-27/h3-14,17-19,31,36H,15-16,20-22H2,1-2H3,(H,37,38)/t31-/m0/s1. The number of aryl methyl sites for hydroxylation is 2. The summed E-state index contributed by atoms with van der Waals surface area (Å²) in [7, 11) is -3.80. The van der Waals surface area contributed by atoms with Crippen LogP contribution < -0.4 is 4.74 Å². The molecule has 220 valence electrons. The molecule has 4 aromatic rings. The number of carboxylic acids is 1. The van der Waals surface area contributed by atoms with Crippen LogP contribution >= 0.6 is 11.6 Å². The van der Waals surface area contributed by atoms with Crippen LogP contribution in [0.25, 0.3) is 0 Å². The topological polar surface area (TPSA) is 104 Å². The molecule has 0 unspecified atom stereocenters. The lowest BCUT2D eigenvalue weighted by molar-refractivity contribution is -0.139. The highest BCUT2D eigenvalue weighted by atomic mass is 35.5. The monoisotopic (exact) mass is 607 g/mol. The van der Waals surface area contributed by atoms with E-state index in [0.29, 0.717) is 48.0 Å². The first-order valence-electron chi connectivity index (χ1n) is 13.5. The number of hydrogen-bond donors (Lipinski definition) is 2. The molecule has 0 fully saturated rings. The SMILES string of the molecule is Cc1cc(S(=O)(=O)c2ccc(CCN(Cc3ccccc3)C[C@H](O)c3cccc(Cl)c3)cc2)cc(C)c1OCC(=O)O. The van der Waals surface area contributed by atoms with Crippen LogP contribution in [-0.4, -0.2) is 49.2 Å². The Morgan fingerprint density at radius 2 is 1.55 bits per heavy atom. The summed E-state index contributed by atoms with van der Waals surface area (Å²) >= 11 is 6.13. The Bertz CT molecular complexity index is 1600. The molecule has 7 nitrogen and oxygen atoms in total. The third-order valence-electron chi connectivity index (χ3n) is 6.95. The van der Waals surface area contributed by atoms with Crippen molar-refractivity contribution in [1.82, 2.24) is 4.90 Å². The van der Waals surface area contributed by atoms with E-state index in [-0.39, 0.29) is 9.79 Å². The smallest absolute Gasteiger partial charge is 0.341 e. The molecule has 1 atom stereocenters. The van der Waals surface area contributed by atoms with Gasteiger partial charge in [0.1, 0.15) is 5.75 Å². The number of benzene rings is 4. The average molecular weight is 608 g/mol. The maximum atomic E-state index is 13.4. The van der Waals surface area contributed by atoms with E-state index in [1.165, 1.54) is 12.1 Å². The van der Waals surface area contributed by atoms with E-state index in [0.717, 1.165) is 16.7 Å². The molecule has 0 aromatic heterocycles. The summed E-state index contributed by atoms with van der Waals surface area (Å²) in [5.74, 6) is -0.738. The summed E-state index contributed by atoms with van der Waals surface area (Å²) in [6, 6.07) is 27.1. The van der Waals surface area contributed by atoms with E-state index < -0.39 is 28.5 Å². The van der Waals surface area contributed by atoms with Gasteiger partial charge in [-0.2, -0.15) is 0 Å². The van der Waals surface area contributed by atoms with Crippen molar-refractivity contribution < 1.29 is 28.2 Å². The lowest BCUT2D eigenvalue weighted by Crippen LogP contribution is -2.30. The molecule has 0 bridgehead atoms. The highest BCUT2D eigenvalue weighted by molar-refractivity contribution is 7.91. The third-order valence-corrected chi connectivity index (χ3v) is 8.93. The summed E-state index contributed by atoms with van der Waals surface area (Å²) < 4.78 is 32.1. The predicted octanol–water partition coefficient (Wildman–Crippen LogP) is 6.03. The molecule has 4 rings (SSSR count). The molecule has 0 aliphatic carbocycles. The Kier molecular flexibility index (Phi) is 10.4. The zero-order chi connectivity index (χ0) is 30.3. The number of sulfone groups is 1. The molecule has 0 amide bonds. The number of carboxylic acid groups (broad SMARTS) is 1. The van der Waals surface area contributed by atoms with Crippen molar-refractivity contribution in [3.8, 4) is 5.75 Å². The second kappa shape index (κ2) is 14.0. The van der Waals surface area contributed by atoms with Gasteiger partial charge in [-0.1, -0.05) is 66.2 Å². The molecule has 42 heavy (non-hydrogen) atoms. The molecule has 9 heteroatoms. The minimum atomic E-state index is -3.80. The van der Waals surface area contributed by atoms with Gasteiger partial charge in [0.25, 0.3) is 0 Å². The minimum absolute atomic E-state index is 0.122. The van der Waals surface area contributed by atoms with Crippen LogP contribution in [0, 0.1) is 13.8 Å². The Hall–Kier alpha value is -3.69. The average Bonchev–Trinajstić information content (AvgIpc) is 2.96. The Balaban J connectivity index is 1.47. The van der Waals surface area contributed by atoms with Crippen LogP contribution in [0.2, 0.25) is 5.02 Å². The van der Waals surface area contributed by atoms with E-state index in [2.05, 4.69) is 4.90 Å². The van der Waals surface area contributed by atoms with Crippen LogP contribution in [0.4, 0.5) is 0 Å². The minimum Gasteiger partial charge on any atom is -0.481 e. The van der Waals surface area contributed by atoms with Gasteiger partial charge >= 0.3 is 5.97 Å². The van der Waals surface area contributed by atoms with Crippen LogP contribution in [0.15, 0.2) is 101 Å². The third kappa shape index (κ3) is 8.20. The maximum Gasteiger partial charge on any atom is 0.341 e. The molecule has 2 N–H and O–H groups in total. The quantitative estimate of drug-likeness (QED) is 0.191. The molecule has 0 aliphatic rings. The largest absolute Gasteiger partial charge is 0.481 e. The summed E-state index contributed by atoms with van der Waals surface area (Å²) in [4.78, 5) is 13.3. The van der Waals surface area contributed by atoms with E-state index in [1.54, 1.807) is 38.1 Å². The first-order valence-corrected chi connectivity index (χ1v) is 15.4. The number of aliphatic carboxylic acids is 1. The number of aliphatic hydroxyl groups excluding tert-OH is 1. The van der Waals surface area contributed by atoms with Gasteiger partial charge in [0.2, 0.25) is 9.84 Å². The van der Waals surface area contributed by atoms with Crippen LogP contribution in [0.1, 0.15) is 33.9 Å². The second-order valence-electron chi connectivity index (χ2n) is 10.3. The van der Waals surface area contributed by atoms with E-state index in [4.69, 9.17) is 21.4 Å². The molecule has 0 spiro atoms. The molecule has 0 saturated heterocycles. The molecular weight excluding hydrogens is 574 g/mol. The number of ether oxygens (including phenoxy) is 1. The fraction of sp³-hybridized carbons (Fsp3) is 0.242. The number of hydrogen-bond acceptors (Lipinski definition) is 6. The summed E-state index contributed by atoms with van der Waals surface area (Å²) in [6.45, 7) is 4.59. The van der Waals surface area contributed by atoms with Gasteiger partial charge in [0.15, 0.2) is 6.61 Å². The predicted molar refractivity (Wildman–Crippen MR) is 163 cm³/mol. The van der Waals surface area contributed by atoms with Crippen molar-refractivity contribution in [3.05, 3.63) is 124 Å². The lowest BCUT2D eigenvalue weighted by Gasteiger charge is -2.25. The first-order chi connectivity index (χ1) is 20.0. The van der Waals surface area contributed by atoms with E-state index in [1.807, 2.05) is 54.6 Å². The Morgan fingerprint density at radius 3 is 2.17 bits per heavy atom. The Labute approximate surface area is 251 Å². The van der Waals surface area contributed by atoms with Crippen molar-refractivity contribution in [2.45, 2.75) is 42.7 Å². The van der Waals surface area contributed by atoms with Crippen molar-refractivity contribution in [1.29, 1.82) is 0 Å². The molecule has 0 radical (unpaired) electrons. The zero-order valence-electron chi connectivity index (χ0n) is 23.5. The normalized spacial score (nSPS) is 12.3. The summed E-state index contributed by atoms with van der Waals surface area (Å²) in [6.07, 6.45) is -0.0590. The van der Waals surface area contributed by atoms with Crippen molar-refractivity contribution in [2.24, 2.45) is 0 Å². The van der Waals surface area contributed by atoms with Gasteiger partial charge in [-0.25, -0.2) is 13.2 Å². The highest BCUT2D eigenvalue weighted by Crippen LogP contribution is 2.30. The van der Waals surface area contributed by atoms with Gasteiger partial charge < -0.3 is 14.9 Å². The van der Waals surface area contributed by atoms with Crippen molar-refractivity contribution >= 4 is 27.4 Å². The summed E-state index contributed by atoms with van der Waals surface area (Å²) in [5, 5.41) is 20.4. The molecule has 4 aromatic carbocycles. The molecule has 0 saturated carbocycles. The van der Waals surface area contributed by atoms with Gasteiger partial charge in [0.05, 0.1) is 15.9 Å². The first kappa shape index (κ1) is 31.3. The number of carbonyl (C=O) groups is 1. The highest BCUT2D eigenvalue weighted by Gasteiger charge is 2.21. The number of halogens is 1. The second-order valence-corrected chi connectivity index (χ2v) is 12.6. The fourth-order valence-electron chi connectivity index (χ4n) is 4.83. The van der Waals surface area contributed by atoms with E-state index >= 15 is 0 Å². The maximum absolute atomic E-state index is 13.4. The zero-order valence-corrected chi connectivity index (χ0v) is 25.1. The summed E-state index contributed by atoms with van der Waals surface area (Å²) in [5.41, 5.74) is 3.94. The molecular formula is C33H34ClNO6S. The van der Waals surface area contributed by atoms with Gasteiger partial charge in [-0.3, -0.25) is 4.90 Å². The number of aliphatic hydroxyl groups is 1. The number of nitrogens with zero attached hydrogens (tertiary/aromatic N) is 1. The fourth-order valence-corrected chi connectivity index (χ4v) is 6.46.